The van der Waals surface area contributed by atoms with Crippen molar-refractivity contribution in [1.29, 1.82) is 0 Å². The molecule has 0 radical (unpaired) electrons. The summed E-state index contributed by atoms with van der Waals surface area (Å²) < 4.78 is 35.0. The van der Waals surface area contributed by atoms with Crippen LogP contribution in [0.3, 0.4) is 0 Å². The minimum Gasteiger partial charge on any atom is -0.493 e. The molecule has 0 aliphatic rings. The third-order valence-electron chi connectivity index (χ3n) is 1.65. The first-order chi connectivity index (χ1) is 6.61. The Hall–Kier alpha value is -1.65. The predicted octanol–water partition coefficient (Wildman–Crippen LogP) is 1.76. The summed E-state index contributed by atoms with van der Waals surface area (Å²) in [7, 11) is 2.22. The molecule has 0 aliphatic heterocycles. The number of ether oxygens (including phenoxy) is 2. The van der Waals surface area contributed by atoms with E-state index in [0.717, 1.165) is 26.4 Å². The summed E-state index contributed by atoms with van der Waals surface area (Å²) in [5.41, 5.74) is -0.532. The van der Waals surface area contributed by atoms with Gasteiger partial charge < -0.3 is 9.47 Å². The van der Waals surface area contributed by atoms with Crippen LogP contribution in [0, 0.1) is 11.6 Å². The van der Waals surface area contributed by atoms with Crippen molar-refractivity contribution in [1.82, 2.24) is 0 Å². The van der Waals surface area contributed by atoms with Crippen LogP contribution in [0.1, 0.15) is 10.4 Å². The smallest absolute Gasteiger partial charge is 0.344 e. The third kappa shape index (κ3) is 1.66. The van der Waals surface area contributed by atoms with E-state index in [2.05, 4.69) is 9.47 Å². The van der Waals surface area contributed by atoms with Crippen LogP contribution in [-0.2, 0) is 4.74 Å². The van der Waals surface area contributed by atoms with Gasteiger partial charge in [0.05, 0.1) is 14.2 Å². The molecule has 76 valence electrons. The summed E-state index contributed by atoms with van der Waals surface area (Å²) in [4.78, 5) is 11.1. The van der Waals surface area contributed by atoms with E-state index >= 15 is 0 Å². The molecule has 0 fully saturated rings. The molecule has 0 heterocycles. The maximum absolute atomic E-state index is 13.1. The van der Waals surface area contributed by atoms with E-state index in [4.69, 9.17) is 0 Å². The van der Waals surface area contributed by atoms with Crippen molar-refractivity contribution in [2.24, 2.45) is 0 Å². The summed E-state index contributed by atoms with van der Waals surface area (Å²) in [6.07, 6.45) is 0. The maximum Gasteiger partial charge on any atom is 0.344 e. The van der Waals surface area contributed by atoms with E-state index in [0.29, 0.717) is 0 Å². The number of rotatable bonds is 2. The highest BCUT2D eigenvalue weighted by atomic mass is 19.1. The molecule has 0 amide bonds. The van der Waals surface area contributed by atoms with Gasteiger partial charge in [-0.25, -0.2) is 13.6 Å². The van der Waals surface area contributed by atoms with Gasteiger partial charge in [0.2, 0.25) is 0 Å². The number of esters is 1. The van der Waals surface area contributed by atoms with E-state index in [-0.39, 0.29) is 0 Å². The van der Waals surface area contributed by atoms with Crippen molar-refractivity contribution < 1.29 is 23.0 Å². The summed E-state index contributed by atoms with van der Waals surface area (Å²) in [5.74, 6) is -3.11. The molecule has 5 heteroatoms. The Balaban J connectivity index is 3.37. The van der Waals surface area contributed by atoms with Gasteiger partial charge in [0, 0.05) is 0 Å². The zero-order chi connectivity index (χ0) is 10.7. The second-order valence-electron chi connectivity index (χ2n) is 2.43. The van der Waals surface area contributed by atoms with E-state index in [1.54, 1.807) is 0 Å². The number of carbonyl (C=O) groups excluding carboxylic acids is 1. The highest BCUT2D eigenvalue weighted by molar-refractivity contribution is 5.92. The standard InChI is InChI=1S/C9H8F2O3/c1-13-8-6(11)4-3-5(10)7(8)9(12)14-2/h3-4H,1-2H3. The van der Waals surface area contributed by atoms with Crippen LogP contribution >= 0.6 is 0 Å². The monoisotopic (exact) mass is 202 g/mol. The topological polar surface area (TPSA) is 35.5 Å². The van der Waals surface area contributed by atoms with Crippen molar-refractivity contribution in [3.63, 3.8) is 0 Å². The van der Waals surface area contributed by atoms with Crippen LogP contribution in [0.2, 0.25) is 0 Å². The van der Waals surface area contributed by atoms with E-state index < -0.39 is 28.9 Å². The first-order valence-electron chi connectivity index (χ1n) is 3.72. The van der Waals surface area contributed by atoms with Crippen molar-refractivity contribution in [2.75, 3.05) is 14.2 Å². The lowest BCUT2D eigenvalue weighted by molar-refractivity contribution is 0.0590. The first kappa shape index (κ1) is 10.4. The lowest BCUT2D eigenvalue weighted by Gasteiger charge is -2.07. The summed E-state index contributed by atoms with van der Waals surface area (Å²) in [6.45, 7) is 0. The average Bonchev–Trinajstić information content (AvgIpc) is 2.19. The zero-order valence-corrected chi connectivity index (χ0v) is 7.64. The second kappa shape index (κ2) is 4.04. The average molecular weight is 202 g/mol. The number of hydrogen-bond acceptors (Lipinski definition) is 3. The Morgan fingerprint density at radius 1 is 1.21 bits per heavy atom. The predicted molar refractivity (Wildman–Crippen MR) is 44.2 cm³/mol. The fraction of sp³-hybridized carbons (Fsp3) is 0.222. The SMILES string of the molecule is COC(=O)c1c(F)ccc(F)c1OC. The van der Waals surface area contributed by atoms with Gasteiger partial charge in [-0.1, -0.05) is 0 Å². The van der Waals surface area contributed by atoms with E-state index in [1.165, 1.54) is 0 Å². The summed E-state index contributed by atoms with van der Waals surface area (Å²) in [5, 5.41) is 0. The first-order valence-corrected chi connectivity index (χ1v) is 3.72. The molecule has 0 aromatic heterocycles. The Morgan fingerprint density at radius 3 is 2.29 bits per heavy atom. The van der Waals surface area contributed by atoms with Crippen LogP contribution in [-0.4, -0.2) is 20.2 Å². The van der Waals surface area contributed by atoms with E-state index in [1.807, 2.05) is 0 Å². The molecular formula is C9H8F2O3. The van der Waals surface area contributed by atoms with Gasteiger partial charge in [-0.15, -0.1) is 0 Å². The van der Waals surface area contributed by atoms with Crippen LogP contribution in [0.4, 0.5) is 8.78 Å². The third-order valence-corrected chi connectivity index (χ3v) is 1.65. The molecule has 1 aromatic rings. The summed E-state index contributed by atoms with van der Waals surface area (Å²) in [6, 6.07) is 1.71. The van der Waals surface area contributed by atoms with Crippen LogP contribution in [0.25, 0.3) is 0 Å². The van der Waals surface area contributed by atoms with Gasteiger partial charge >= 0.3 is 5.97 Å². The van der Waals surface area contributed by atoms with E-state index in [9.17, 15) is 13.6 Å². The normalized spacial score (nSPS) is 9.71. The number of methoxy groups -OCH3 is 2. The Labute approximate surface area is 79.2 Å². The number of hydrogen-bond donors (Lipinski definition) is 0. The van der Waals surface area contributed by atoms with Gasteiger partial charge in [-0.3, -0.25) is 0 Å². The van der Waals surface area contributed by atoms with Gasteiger partial charge in [-0.2, -0.15) is 0 Å². The van der Waals surface area contributed by atoms with Gasteiger partial charge in [-0.05, 0) is 12.1 Å². The van der Waals surface area contributed by atoms with Crippen LogP contribution in [0.15, 0.2) is 12.1 Å². The van der Waals surface area contributed by atoms with Crippen molar-refractivity contribution in [2.45, 2.75) is 0 Å². The molecule has 0 bridgehead atoms. The van der Waals surface area contributed by atoms with Gasteiger partial charge in [0.25, 0.3) is 0 Å². The molecule has 1 aromatic carbocycles. The molecule has 0 atom stereocenters. The molecule has 14 heavy (non-hydrogen) atoms. The van der Waals surface area contributed by atoms with Gasteiger partial charge in [0.1, 0.15) is 11.4 Å². The Bertz CT molecular complexity index is 363. The van der Waals surface area contributed by atoms with Crippen LogP contribution < -0.4 is 4.74 Å². The van der Waals surface area contributed by atoms with Crippen molar-refractivity contribution in [3.8, 4) is 5.75 Å². The quantitative estimate of drug-likeness (QED) is 0.685. The fourth-order valence-corrected chi connectivity index (χ4v) is 1.03. The minimum absolute atomic E-state index is 0.447. The number of halogens is 2. The maximum atomic E-state index is 13.1. The molecule has 0 saturated heterocycles. The highest BCUT2D eigenvalue weighted by Gasteiger charge is 2.21. The Morgan fingerprint density at radius 2 is 1.79 bits per heavy atom. The Kier molecular flexibility index (Phi) is 3.01. The fourth-order valence-electron chi connectivity index (χ4n) is 1.03. The second-order valence-corrected chi connectivity index (χ2v) is 2.43. The molecule has 0 unspecified atom stereocenters. The molecular weight excluding hydrogens is 194 g/mol. The lowest BCUT2D eigenvalue weighted by atomic mass is 10.2. The molecule has 1 rings (SSSR count). The van der Waals surface area contributed by atoms with Crippen molar-refractivity contribution >= 4 is 5.97 Å². The largest absolute Gasteiger partial charge is 0.493 e. The minimum atomic E-state index is -0.973. The molecule has 0 aliphatic carbocycles. The number of benzene rings is 1. The van der Waals surface area contributed by atoms with Gasteiger partial charge in [0.15, 0.2) is 11.6 Å². The molecule has 0 saturated carbocycles. The number of carbonyl (C=O) groups is 1. The lowest BCUT2D eigenvalue weighted by Crippen LogP contribution is -2.08. The molecule has 0 spiro atoms. The zero-order valence-electron chi connectivity index (χ0n) is 7.64. The summed E-state index contributed by atoms with van der Waals surface area (Å²) >= 11 is 0. The van der Waals surface area contributed by atoms with Crippen molar-refractivity contribution in [3.05, 3.63) is 29.3 Å². The van der Waals surface area contributed by atoms with Crippen LogP contribution in [0.5, 0.6) is 5.75 Å². The molecule has 3 nitrogen and oxygen atoms in total. The molecule has 0 N–H and O–H groups in total. The highest BCUT2D eigenvalue weighted by Crippen LogP contribution is 2.25.